The first-order valence-electron chi connectivity index (χ1n) is 6.55. The Bertz CT molecular complexity index is 710. The van der Waals surface area contributed by atoms with Crippen molar-refractivity contribution in [1.29, 1.82) is 5.26 Å². The van der Waals surface area contributed by atoms with Gasteiger partial charge in [0.25, 0.3) is 0 Å². The summed E-state index contributed by atoms with van der Waals surface area (Å²) in [5.41, 5.74) is 6.43. The Morgan fingerprint density at radius 2 is 2.14 bits per heavy atom. The molecule has 0 spiro atoms. The van der Waals surface area contributed by atoms with E-state index in [0.29, 0.717) is 17.3 Å². The van der Waals surface area contributed by atoms with Crippen LogP contribution in [0.3, 0.4) is 0 Å². The van der Waals surface area contributed by atoms with E-state index in [1.807, 2.05) is 13.0 Å². The highest BCUT2D eigenvalue weighted by Gasteiger charge is 2.10. The molecule has 0 aliphatic carbocycles. The van der Waals surface area contributed by atoms with Gasteiger partial charge in [-0.15, -0.1) is 0 Å². The SMILES string of the molecule is CCOc1ccc(C(=O)CSc2ncc(C#N)c(N)n2)cc1. The molecule has 2 N–H and O–H groups in total. The number of nitriles is 1. The minimum absolute atomic E-state index is 0.0421. The molecule has 112 valence electrons. The van der Waals surface area contributed by atoms with E-state index in [1.165, 1.54) is 18.0 Å². The van der Waals surface area contributed by atoms with E-state index in [0.717, 1.165) is 5.75 Å². The van der Waals surface area contributed by atoms with Crippen LogP contribution in [-0.4, -0.2) is 28.1 Å². The second kappa shape index (κ2) is 7.43. The highest BCUT2D eigenvalue weighted by Crippen LogP contribution is 2.19. The highest BCUT2D eigenvalue weighted by atomic mass is 32.2. The molecular weight excluding hydrogens is 300 g/mol. The monoisotopic (exact) mass is 314 g/mol. The molecular formula is C15H14N4O2S. The van der Waals surface area contributed by atoms with Crippen LogP contribution >= 0.6 is 11.8 Å². The summed E-state index contributed by atoms with van der Waals surface area (Å²) in [7, 11) is 0. The molecule has 0 saturated heterocycles. The van der Waals surface area contributed by atoms with Crippen LogP contribution in [0.5, 0.6) is 5.75 Å². The summed E-state index contributed by atoms with van der Waals surface area (Å²) in [5, 5.41) is 9.13. The predicted octanol–water partition coefficient (Wildman–Crippen LogP) is 2.30. The second-order valence-corrected chi connectivity index (χ2v) is 5.18. The summed E-state index contributed by atoms with van der Waals surface area (Å²) >= 11 is 1.18. The van der Waals surface area contributed by atoms with Gasteiger partial charge in [0.1, 0.15) is 23.2 Å². The third-order valence-corrected chi connectivity index (χ3v) is 3.60. The standard InChI is InChI=1S/C15H14N4O2S/c1-2-21-12-5-3-10(4-6-12)13(20)9-22-15-18-8-11(7-16)14(17)19-15/h3-6,8H,2,9H2,1H3,(H2,17,18,19). The van der Waals surface area contributed by atoms with Gasteiger partial charge in [0, 0.05) is 5.56 Å². The molecule has 0 bridgehead atoms. The van der Waals surface area contributed by atoms with Crippen molar-refractivity contribution in [2.45, 2.75) is 12.1 Å². The average molecular weight is 314 g/mol. The number of rotatable bonds is 6. The maximum Gasteiger partial charge on any atom is 0.189 e. The Balaban J connectivity index is 1.97. The number of ether oxygens (including phenoxy) is 1. The van der Waals surface area contributed by atoms with Crippen molar-refractivity contribution < 1.29 is 9.53 Å². The number of hydrogen-bond acceptors (Lipinski definition) is 7. The molecule has 1 heterocycles. The van der Waals surface area contributed by atoms with Crippen molar-refractivity contribution in [3.05, 3.63) is 41.6 Å². The van der Waals surface area contributed by atoms with Crippen LogP contribution in [0.4, 0.5) is 5.82 Å². The average Bonchev–Trinajstić information content (AvgIpc) is 2.54. The molecule has 0 aliphatic heterocycles. The molecule has 0 saturated carbocycles. The maximum absolute atomic E-state index is 12.1. The number of Topliss-reactive ketones (excluding diaryl/α,β-unsaturated/α-hetero) is 1. The number of carbonyl (C=O) groups excluding carboxylic acids is 1. The van der Waals surface area contributed by atoms with Gasteiger partial charge in [-0.3, -0.25) is 4.79 Å². The number of ketones is 1. The maximum atomic E-state index is 12.1. The summed E-state index contributed by atoms with van der Waals surface area (Å²) in [6.45, 7) is 2.49. The van der Waals surface area contributed by atoms with Crippen molar-refractivity contribution in [3.8, 4) is 11.8 Å². The number of anilines is 1. The molecule has 0 amide bonds. The van der Waals surface area contributed by atoms with E-state index in [4.69, 9.17) is 15.7 Å². The van der Waals surface area contributed by atoms with Crippen LogP contribution < -0.4 is 10.5 Å². The summed E-state index contributed by atoms with van der Waals surface area (Å²) in [4.78, 5) is 20.1. The zero-order chi connectivity index (χ0) is 15.9. The van der Waals surface area contributed by atoms with E-state index in [9.17, 15) is 4.79 Å². The Morgan fingerprint density at radius 3 is 2.73 bits per heavy atom. The van der Waals surface area contributed by atoms with Crippen LogP contribution in [0.25, 0.3) is 0 Å². The predicted molar refractivity (Wildman–Crippen MR) is 83.8 cm³/mol. The molecule has 1 aromatic heterocycles. The number of thioether (sulfide) groups is 1. The number of carbonyl (C=O) groups is 1. The van der Waals surface area contributed by atoms with Crippen LogP contribution in [0, 0.1) is 11.3 Å². The summed E-state index contributed by atoms with van der Waals surface area (Å²) in [6, 6.07) is 8.86. The zero-order valence-corrected chi connectivity index (χ0v) is 12.8. The van der Waals surface area contributed by atoms with Gasteiger partial charge in [0.2, 0.25) is 0 Å². The van der Waals surface area contributed by atoms with Crippen molar-refractivity contribution in [2.24, 2.45) is 0 Å². The van der Waals surface area contributed by atoms with Crippen molar-refractivity contribution >= 4 is 23.4 Å². The molecule has 0 atom stereocenters. The summed E-state index contributed by atoms with van der Waals surface area (Å²) in [5.74, 6) is 1.00. The van der Waals surface area contributed by atoms with Gasteiger partial charge in [-0.1, -0.05) is 11.8 Å². The van der Waals surface area contributed by atoms with E-state index < -0.39 is 0 Å². The Morgan fingerprint density at radius 1 is 1.41 bits per heavy atom. The van der Waals surface area contributed by atoms with Gasteiger partial charge in [0.15, 0.2) is 10.9 Å². The number of hydrogen-bond donors (Lipinski definition) is 1. The highest BCUT2D eigenvalue weighted by molar-refractivity contribution is 7.99. The lowest BCUT2D eigenvalue weighted by molar-refractivity contribution is 0.102. The minimum Gasteiger partial charge on any atom is -0.494 e. The van der Waals surface area contributed by atoms with E-state index in [-0.39, 0.29) is 22.9 Å². The van der Waals surface area contributed by atoms with Gasteiger partial charge >= 0.3 is 0 Å². The lowest BCUT2D eigenvalue weighted by Gasteiger charge is -2.04. The lowest BCUT2D eigenvalue weighted by atomic mass is 10.1. The smallest absolute Gasteiger partial charge is 0.189 e. The topological polar surface area (TPSA) is 102 Å². The van der Waals surface area contributed by atoms with Gasteiger partial charge < -0.3 is 10.5 Å². The first kappa shape index (κ1) is 15.8. The van der Waals surface area contributed by atoms with Crippen LogP contribution in [0.15, 0.2) is 35.6 Å². The number of aromatic nitrogens is 2. The molecule has 0 aliphatic rings. The minimum atomic E-state index is -0.0421. The second-order valence-electron chi connectivity index (χ2n) is 4.23. The molecule has 22 heavy (non-hydrogen) atoms. The fourth-order valence-corrected chi connectivity index (χ4v) is 2.37. The Kier molecular flexibility index (Phi) is 5.33. The van der Waals surface area contributed by atoms with E-state index in [1.54, 1.807) is 24.3 Å². The third kappa shape index (κ3) is 3.96. The first-order chi connectivity index (χ1) is 10.6. The number of benzene rings is 1. The molecule has 1 aromatic carbocycles. The van der Waals surface area contributed by atoms with Crippen LogP contribution in [0.1, 0.15) is 22.8 Å². The summed E-state index contributed by atoms with van der Waals surface area (Å²) in [6.07, 6.45) is 1.35. The van der Waals surface area contributed by atoms with E-state index in [2.05, 4.69) is 9.97 Å². The summed E-state index contributed by atoms with van der Waals surface area (Å²) < 4.78 is 5.33. The number of nitrogens with zero attached hydrogens (tertiary/aromatic N) is 3. The van der Waals surface area contributed by atoms with E-state index >= 15 is 0 Å². The Labute approximate surface area is 132 Å². The molecule has 0 unspecified atom stereocenters. The normalized spacial score (nSPS) is 10.0. The van der Waals surface area contributed by atoms with Gasteiger partial charge in [0.05, 0.1) is 18.6 Å². The van der Waals surface area contributed by atoms with Gasteiger partial charge in [-0.25, -0.2) is 9.97 Å². The van der Waals surface area contributed by atoms with Crippen molar-refractivity contribution in [2.75, 3.05) is 18.1 Å². The van der Waals surface area contributed by atoms with Crippen molar-refractivity contribution in [3.63, 3.8) is 0 Å². The molecule has 7 heteroatoms. The van der Waals surface area contributed by atoms with Gasteiger partial charge in [-0.05, 0) is 31.2 Å². The van der Waals surface area contributed by atoms with Crippen molar-refractivity contribution in [1.82, 2.24) is 9.97 Å². The van der Waals surface area contributed by atoms with Gasteiger partial charge in [-0.2, -0.15) is 5.26 Å². The number of nitrogen functional groups attached to an aromatic ring is 1. The lowest BCUT2D eigenvalue weighted by Crippen LogP contribution is -2.04. The Hall–Kier alpha value is -2.59. The molecule has 2 aromatic rings. The van der Waals surface area contributed by atoms with Crippen LogP contribution in [0.2, 0.25) is 0 Å². The number of nitrogens with two attached hydrogens (primary N) is 1. The fraction of sp³-hybridized carbons (Fsp3) is 0.200. The van der Waals surface area contributed by atoms with Crippen LogP contribution in [-0.2, 0) is 0 Å². The third-order valence-electron chi connectivity index (χ3n) is 2.74. The quantitative estimate of drug-likeness (QED) is 0.496. The zero-order valence-electron chi connectivity index (χ0n) is 11.9. The molecule has 6 nitrogen and oxygen atoms in total. The first-order valence-corrected chi connectivity index (χ1v) is 7.54. The molecule has 0 radical (unpaired) electrons. The molecule has 0 fully saturated rings. The molecule has 2 rings (SSSR count). The fourth-order valence-electron chi connectivity index (χ4n) is 1.65. The largest absolute Gasteiger partial charge is 0.494 e.